The highest BCUT2D eigenvalue weighted by atomic mass is 32.2. The van der Waals surface area contributed by atoms with Crippen LogP contribution in [0.3, 0.4) is 0 Å². The smallest absolute Gasteiger partial charge is 0.240 e. The Kier molecular flexibility index (Phi) is 6.17. The number of benzene rings is 1. The number of rotatable bonds is 7. The van der Waals surface area contributed by atoms with Crippen molar-refractivity contribution in [2.45, 2.75) is 45.6 Å². The fourth-order valence-corrected chi connectivity index (χ4v) is 3.43. The van der Waals surface area contributed by atoms with Crippen molar-refractivity contribution < 1.29 is 8.42 Å². The lowest BCUT2D eigenvalue weighted by atomic mass is 10.1. The Morgan fingerprint density at radius 3 is 2.35 bits per heavy atom. The summed E-state index contributed by atoms with van der Waals surface area (Å²) in [5.41, 5.74) is 2.92. The summed E-state index contributed by atoms with van der Waals surface area (Å²) in [7, 11) is -1.57. The monoisotopic (exact) mass is 298 g/mol. The molecule has 0 aliphatic heterocycles. The van der Waals surface area contributed by atoms with Crippen LogP contribution in [0.4, 0.5) is 0 Å². The van der Waals surface area contributed by atoms with E-state index in [9.17, 15) is 8.42 Å². The van der Waals surface area contributed by atoms with Gasteiger partial charge in [0.25, 0.3) is 0 Å². The Morgan fingerprint density at radius 2 is 1.80 bits per heavy atom. The van der Waals surface area contributed by atoms with Crippen LogP contribution in [-0.2, 0) is 16.6 Å². The first-order valence-corrected chi connectivity index (χ1v) is 8.50. The highest BCUT2D eigenvalue weighted by Gasteiger charge is 2.18. The quantitative estimate of drug-likeness (QED) is 0.812. The van der Waals surface area contributed by atoms with Crippen LogP contribution in [0.25, 0.3) is 0 Å². The molecule has 0 saturated carbocycles. The second-order valence-corrected chi connectivity index (χ2v) is 7.39. The molecular formula is C15H26N2O2S. The molecule has 1 aromatic rings. The molecule has 20 heavy (non-hydrogen) atoms. The molecule has 0 radical (unpaired) electrons. The molecule has 4 nitrogen and oxygen atoms in total. The van der Waals surface area contributed by atoms with Crippen LogP contribution in [0.5, 0.6) is 0 Å². The van der Waals surface area contributed by atoms with Crippen LogP contribution in [0.2, 0.25) is 0 Å². The van der Waals surface area contributed by atoms with Gasteiger partial charge in [-0.25, -0.2) is 13.1 Å². The van der Waals surface area contributed by atoms with E-state index in [-0.39, 0.29) is 0 Å². The third-order valence-electron chi connectivity index (χ3n) is 3.30. The van der Waals surface area contributed by atoms with E-state index in [0.29, 0.717) is 23.9 Å². The molecule has 0 unspecified atom stereocenters. The molecule has 5 heteroatoms. The average molecular weight is 298 g/mol. The zero-order chi connectivity index (χ0) is 15.3. The molecule has 0 bridgehead atoms. The molecule has 0 atom stereocenters. The SMILES string of the molecule is CNCc1cc(S(=O)(=O)NCCC(C)C)c(C)cc1C. The summed E-state index contributed by atoms with van der Waals surface area (Å²) in [6.45, 7) is 9.15. The summed E-state index contributed by atoms with van der Waals surface area (Å²) in [5.74, 6) is 0.483. The minimum absolute atomic E-state index is 0.386. The van der Waals surface area contributed by atoms with Crippen molar-refractivity contribution in [3.8, 4) is 0 Å². The molecule has 0 aromatic heterocycles. The maximum atomic E-state index is 12.4. The number of hydrogen-bond donors (Lipinski definition) is 2. The molecule has 0 aliphatic rings. The first kappa shape index (κ1) is 17.1. The Hall–Kier alpha value is -0.910. The van der Waals surface area contributed by atoms with Crippen molar-refractivity contribution in [2.24, 2.45) is 5.92 Å². The van der Waals surface area contributed by atoms with E-state index >= 15 is 0 Å². The van der Waals surface area contributed by atoms with Crippen molar-refractivity contribution in [1.29, 1.82) is 0 Å². The minimum atomic E-state index is -3.42. The van der Waals surface area contributed by atoms with Gasteiger partial charge in [0.05, 0.1) is 4.90 Å². The van der Waals surface area contributed by atoms with Gasteiger partial charge in [-0.2, -0.15) is 0 Å². The number of aryl methyl sites for hydroxylation is 2. The summed E-state index contributed by atoms with van der Waals surface area (Å²) >= 11 is 0. The molecule has 0 spiro atoms. The predicted octanol–water partition coefficient (Wildman–Crippen LogP) is 2.35. The Morgan fingerprint density at radius 1 is 1.15 bits per heavy atom. The van der Waals surface area contributed by atoms with Crippen LogP contribution in [0.15, 0.2) is 17.0 Å². The van der Waals surface area contributed by atoms with Crippen LogP contribution in [0.1, 0.15) is 37.0 Å². The van der Waals surface area contributed by atoms with Crippen molar-refractivity contribution >= 4 is 10.0 Å². The fraction of sp³-hybridized carbons (Fsp3) is 0.600. The highest BCUT2D eigenvalue weighted by molar-refractivity contribution is 7.89. The molecule has 0 aliphatic carbocycles. The summed E-state index contributed by atoms with van der Waals surface area (Å²) < 4.78 is 27.4. The topological polar surface area (TPSA) is 58.2 Å². The zero-order valence-corrected chi connectivity index (χ0v) is 13.9. The molecule has 1 aromatic carbocycles. The Bertz CT molecular complexity index is 551. The van der Waals surface area contributed by atoms with Crippen LogP contribution >= 0.6 is 0 Å². The summed E-state index contributed by atoms with van der Waals surface area (Å²) in [6.07, 6.45) is 0.841. The van der Waals surface area contributed by atoms with Gasteiger partial charge in [0.15, 0.2) is 0 Å². The van der Waals surface area contributed by atoms with Crippen molar-refractivity contribution in [2.75, 3.05) is 13.6 Å². The van der Waals surface area contributed by atoms with Gasteiger partial charge in [-0.3, -0.25) is 0 Å². The molecule has 2 N–H and O–H groups in total. The van der Waals surface area contributed by atoms with E-state index in [1.165, 1.54) is 0 Å². The normalized spacial score (nSPS) is 12.1. The van der Waals surface area contributed by atoms with Gasteiger partial charge < -0.3 is 5.32 Å². The number of sulfonamides is 1. The van der Waals surface area contributed by atoms with Crippen LogP contribution in [-0.4, -0.2) is 22.0 Å². The fourth-order valence-electron chi connectivity index (χ4n) is 2.10. The lowest BCUT2D eigenvalue weighted by Crippen LogP contribution is -2.26. The van der Waals surface area contributed by atoms with Gasteiger partial charge >= 0.3 is 0 Å². The van der Waals surface area contributed by atoms with Crippen LogP contribution < -0.4 is 10.0 Å². The van der Waals surface area contributed by atoms with Gasteiger partial charge in [-0.15, -0.1) is 0 Å². The lowest BCUT2D eigenvalue weighted by molar-refractivity contribution is 0.551. The molecule has 0 heterocycles. The van der Waals surface area contributed by atoms with E-state index in [2.05, 4.69) is 23.9 Å². The molecule has 0 amide bonds. The first-order chi connectivity index (χ1) is 9.27. The molecule has 114 valence electrons. The maximum absolute atomic E-state index is 12.4. The summed E-state index contributed by atoms with van der Waals surface area (Å²) in [6, 6.07) is 3.71. The van der Waals surface area contributed by atoms with Gasteiger partial charge in [0, 0.05) is 13.1 Å². The third-order valence-corrected chi connectivity index (χ3v) is 4.91. The maximum Gasteiger partial charge on any atom is 0.240 e. The first-order valence-electron chi connectivity index (χ1n) is 7.02. The number of hydrogen-bond acceptors (Lipinski definition) is 3. The van der Waals surface area contributed by atoms with E-state index in [0.717, 1.165) is 23.1 Å². The van der Waals surface area contributed by atoms with Gasteiger partial charge in [0.1, 0.15) is 0 Å². The third kappa shape index (κ3) is 4.58. The van der Waals surface area contributed by atoms with Gasteiger partial charge in [-0.05, 0) is 56.0 Å². The molecular weight excluding hydrogens is 272 g/mol. The second-order valence-electron chi connectivity index (χ2n) is 5.65. The van der Waals surface area contributed by atoms with Crippen molar-refractivity contribution in [3.63, 3.8) is 0 Å². The van der Waals surface area contributed by atoms with Gasteiger partial charge in [0.2, 0.25) is 10.0 Å². The van der Waals surface area contributed by atoms with E-state index in [1.807, 2.05) is 27.0 Å². The molecule has 0 saturated heterocycles. The van der Waals surface area contributed by atoms with E-state index in [1.54, 1.807) is 6.07 Å². The standard InChI is InChI=1S/C15H26N2O2S/c1-11(2)6-7-17-20(18,19)15-9-14(10-16-5)12(3)8-13(15)4/h8-9,11,16-17H,6-7,10H2,1-5H3. The zero-order valence-electron chi connectivity index (χ0n) is 13.1. The second kappa shape index (κ2) is 7.20. The van der Waals surface area contributed by atoms with E-state index < -0.39 is 10.0 Å². The molecule has 0 fully saturated rings. The van der Waals surface area contributed by atoms with Gasteiger partial charge in [-0.1, -0.05) is 19.9 Å². The summed E-state index contributed by atoms with van der Waals surface area (Å²) in [5, 5.41) is 3.07. The van der Waals surface area contributed by atoms with Crippen LogP contribution in [0, 0.1) is 19.8 Å². The van der Waals surface area contributed by atoms with Crippen molar-refractivity contribution in [3.05, 3.63) is 28.8 Å². The number of nitrogens with one attached hydrogen (secondary N) is 2. The van der Waals surface area contributed by atoms with Crippen molar-refractivity contribution in [1.82, 2.24) is 10.0 Å². The summed E-state index contributed by atoms with van der Waals surface area (Å²) in [4.78, 5) is 0.386. The highest BCUT2D eigenvalue weighted by Crippen LogP contribution is 2.20. The lowest BCUT2D eigenvalue weighted by Gasteiger charge is -2.14. The Balaban J connectivity index is 3.02. The van der Waals surface area contributed by atoms with E-state index in [4.69, 9.17) is 0 Å². The molecule has 1 rings (SSSR count). The minimum Gasteiger partial charge on any atom is -0.316 e. The Labute approximate surface area is 123 Å². The predicted molar refractivity (Wildman–Crippen MR) is 83.3 cm³/mol. The largest absolute Gasteiger partial charge is 0.316 e. The average Bonchev–Trinajstić information content (AvgIpc) is 2.31.